The highest BCUT2D eigenvalue weighted by atomic mass is 16.5. The van der Waals surface area contributed by atoms with E-state index in [4.69, 9.17) is 9.15 Å². The maximum Gasteiger partial charge on any atom is 0.336 e. The largest absolute Gasteiger partial charge is 0.483 e. The van der Waals surface area contributed by atoms with Crippen LogP contribution in [-0.4, -0.2) is 31.5 Å². The second kappa shape index (κ2) is 8.32. The van der Waals surface area contributed by atoms with Gasteiger partial charge < -0.3 is 19.8 Å². The van der Waals surface area contributed by atoms with Crippen molar-refractivity contribution in [1.29, 1.82) is 0 Å². The number of rotatable bonds is 7. The van der Waals surface area contributed by atoms with E-state index in [-0.39, 0.29) is 19.1 Å². The minimum absolute atomic E-state index is 0.0903. The van der Waals surface area contributed by atoms with Crippen LogP contribution < -0.4 is 21.0 Å². The monoisotopic (exact) mass is 346 g/mol. The minimum atomic E-state index is -0.430. The van der Waals surface area contributed by atoms with Gasteiger partial charge in [0, 0.05) is 23.6 Å². The van der Waals surface area contributed by atoms with Gasteiger partial charge in [0.1, 0.15) is 11.3 Å². The summed E-state index contributed by atoms with van der Waals surface area (Å²) in [5, 5.41) is 5.97. The zero-order valence-corrected chi connectivity index (χ0v) is 14.6. The number of carbonyl (C=O) groups is 2. The Morgan fingerprint density at radius 2 is 1.92 bits per heavy atom. The van der Waals surface area contributed by atoms with Gasteiger partial charge in [0.15, 0.2) is 6.61 Å². The molecule has 2 amide bonds. The lowest BCUT2D eigenvalue weighted by Crippen LogP contribution is -2.39. The second-order valence-electron chi connectivity index (χ2n) is 5.73. The quantitative estimate of drug-likeness (QED) is 0.739. The van der Waals surface area contributed by atoms with E-state index >= 15 is 0 Å². The highest BCUT2D eigenvalue weighted by molar-refractivity contribution is 5.86. The molecule has 134 valence electrons. The summed E-state index contributed by atoms with van der Waals surface area (Å²) in [6.07, 6.45) is 0.833. The van der Waals surface area contributed by atoms with Gasteiger partial charge in [-0.2, -0.15) is 0 Å². The number of hydrogen-bond donors (Lipinski definition) is 2. The standard InChI is InChI=1S/C18H22N2O5/c1-4-7-19-15(21)9-20-16(22)10-24-14-6-5-13-11(2)8-17(23)25-18(13)12(14)3/h5-6,8H,4,7,9-10H2,1-3H3,(H,19,21)(H,20,22). The van der Waals surface area contributed by atoms with Crippen molar-refractivity contribution in [3.8, 4) is 5.75 Å². The van der Waals surface area contributed by atoms with E-state index < -0.39 is 11.5 Å². The third-order valence-corrected chi connectivity index (χ3v) is 3.70. The van der Waals surface area contributed by atoms with Crippen molar-refractivity contribution in [3.63, 3.8) is 0 Å². The molecule has 1 aromatic carbocycles. The van der Waals surface area contributed by atoms with E-state index in [2.05, 4.69) is 10.6 Å². The molecular weight excluding hydrogens is 324 g/mol. The third kappa shape index (κ3) is 4.82. The Hall–Kier alpha value is -2.83. The highest BCUT2D eigenvalue weighted by Gasteiger charge is 2.12. The van der Waals surface area contributed by atoms with Crippen LogP contribution in [-0.2, 0) is 9.59 Å². The molecule has 2 N–H and O–H groups in total. The summed E-state index contributed by atoms with van der Waals surface area (Å²) in [4.78, 5) is 34.8. The molecule has 7 nitrogen and oxygen atoms in total. The fourth-order valence-electron chi connectivity index (χ4n) is 2.36. The number of carbonyl (C=O) groups excluding carboxylic acids is 2. The van der Waals surface area contributed by atoms with Crippen molar-refractivity contribution in [2.75, 3.05) is 19.7 Å². The molecule has 0 spiro atoms. The van der Waals surface area contributed by atoms with Gasteiger partial charge in [-0.1, -0.05) is 6.92 Å². The Labute approximate surface area is 145 Å². The van der Waals surface area contributed by atoms with Gasteiger partial charge in [0.05, 0.1) is 6.54 Å². The molecule has 2 aromatic rings. The van der Waals surface area contributed by atoms with E-state index in [1.165, 1.54) is 6.07 Å². The molecule has 1 aromatic heterocycles. The first-order valence-electron chi connectivity index (χ1n) is 8.12. The van der Waals surface area contributed by atoms with Crippen LogP contribution in [0.4, 0.5) is 0 Å². The van der Waals surface area contributed by atoms with Gasteiger partial charge in [0.2, 0.25) is 5.91 Å². The topological polar surface area (TPSA) is 97.6 Å². The first-order valence-corrected chi connectivity index (χ1v) is 8.12. The number of ether oxygens (including phenoxy) is 1. The molecular formula is C18H22N2O5. The van der Waals surface area contributed by atoms with Crippen LogP contribution in [0.1, 0.15) is 24.5 Å². The molecule has 0 aliphatic heterocycles. The fourth-order valence-corrected chi connectivity index (χ4v) is 2.36. The van der Waals surface area contributed by atoms with E-state index in [0.29, 0.717) is 23.4 Å². The highest BCUT2D eigenvalue weighted by Crippen LogP contribution is 2.27. The molecule has 1 heterocycles. The van der Waals surface area contributed by atoms with E-state index in [0.717, 1.165) is 17.4 Å². The molecule has 0 fully saturated rings. The lowest BCUT2D eigenvalue weighted by Gasteiger charge is -2.11. The van der Waals surface area contributed by atoms with Crippen molar-refractivity contribution >= 4 is 22.8 Å². The normalized spacial score (nSPS) is 10.5. The SMILES string of the molecule is CCCNC(=O)CNC(=O)COc1ccc2c(C)cc(=O)oc2c1C. The summed E-state index contributed by atoms with van der Waals surface area (Å²) in [6.45, 7) is 5.79. The van der Waals surface area contributed by atoms with Crippen LogP contribution in [0, 0.1) is 13.8 Å². The molecule has 0 saturated heterocycles. The molecule has 0 bridgehead atoms. The van der Waals surface area contributed by atoms with Crippen molar-refractivity contribution in [1.82, 2.24) is 10.6 Å². The first-order chi connectivity index (χ1) is 11.9. The van der Waals surface area contributed by atoms with Crippen LogP contribution in [0.3, 0.4) is 0 Å². The van der Waals surface area contributed by atoms with Gasteiger partial charge in [-0.25, -0.2) is 4.79 Å². The number of benzene rings is 1. The summed E-state index contributed by atoms with van der Waals surface area (Å²) in [6, 6.07) is 4.94. The zero-order valence-electron chi connectivity index (χ0n) is 14.6. The van der Waals surface area contributed by atoms with Crippen molar-refractivity contribution in [3.05, 3.63) is 39.7 Å². The molecule has 0 aliphatic carbocycles. The van der Waals surface area contributed by atoms with E-state index in [1.807, 2.05) is 13.8 Å². The molecule has 0 radical (unpaired) electrons. The number of amides is 2. The van der Waals surface area contributed by atoms with Crippen LogP contribution in [0.2, 0.25) is 0 Å². The molecule has 25 heavy (non-hydrogen) atoms. The number of nitrogens with one attached hydrogen (secondary N) is 2. The summed E-state index contributed by atoms with van der Waals surface area (Å²) < 4.78 is 10.7. The Morgan fingerprint density at radius 3 is 2.64 bits per heavy atom. The van der Waals surface area contributed by atoms with Gasteiger partial charge in [0.25, 0.3) is 5.91 Å². The average molecular weight is 346 g/mol. The van der Waals surface area contributed by atoms with Crippen molar-refractivity contribution in [2.24, 2.45) is 0 Å². The fraction of sp³-hybridized carbons (Fsp3) is 0.389. The molecule has 0 saturated carbocycles. The lowest BCUT2D eigenvalue weighted by atomic mass is 10.1. The minimum Gasteiger partial charge on any atom is -0.483 e. The maximum atomic E-state index is 11.8. The lowest BCUT2D eigenvalue weighted by molar-refractivity contribution is -0.127. The van der Waals surface area contributed by atoms with Crippen molar-refractivity contribution < 1.29 is 18.7 Å². The zero-order chi connectivity index (χ0) is 18.4. The Bertz CT molecular complexity index is 841. The molecule has 0 unspecified atom stereocenters. The van der Waals surface area contributed by atoms with Crippen LogP contribution in [0.5, 0.6) is 5.75 Å². The Morgan fingerprint density at radius 1 is 1.16 bits per heavy atom. The number of aryl methyl sites for hydroxylation is 2. The van der Waals surface area contributed by atoms with Gasteiger partial charge in [-0.05, 0) is 38.0 Å². The van der Waals surface area contributed by atoms with Crippen LogP contribution in [0.25, 0.3) is 11.0 Å². The second-order valence-corrected chi connectivity index (χ2v) is 5.73. The van der Waals surface area contributed by atoms with E-state index in [1.54, 1.807) is 19.1 Å². The molecule has 0 atom stereocenters. The number of fused-ring (bicyclic) bond motifs is 1. The Balaban J connectivity index is 1.99. The van der Waals surface area contributed by atoms with Gasteiger partial charge in [-0.3, -0.25) is 9.59 Å². The van der Waals surface area contributed by atoms with Gasteiger partial charge in [-0.15, -0.1) is 0 Å². The summed E-state index contributed by atoms with van der Waals surface area (Å²) >= 11 is 0. The third-order valence-electron chi connectivity index (χ3n) is 3.70. The summed E-state index contributed by atoms with van der Waals surface area (Å²) in [5.74, 6) is -0.196. The van der Waals surface area contributed by atoms with E-state index in [9.17, 15) is 14.4 Å². The predicted molar refractivity (Wildman–Crippen MR) is 93.8 cm³/mol. The summed E-state index contributed by atoms with van der Waals surface area (Å²) in [5.41, 5.74) is 1.48. The van der Waals surface area contributed by atoms with Gasteiger partial charge >= 0.3 is 5.63 Å². The molecule has 7 heteroatoms. The first kappa shape index (κ1) is 18.5. The molecule has 0 aliphatic rings. The molecule has 2 rings (SSSR count). The maximum absolute atomic E-state index is 11.8. The smallest absolute Gasteiger partial charge is 0.336 e. The van der Waals surface area contributed by atoms with Crippen LogP contribution >= 0.6 is 0 Å². The summed E-state index contributed by atoms with van der Waals surface area (Å²) in [7, 11) is 0. The predicted octanol–water partition coefficient (Wildman–Crippen LogP) is 1.43. The Kier molecular flexibility index (Phi) is 6.16. The van der Waals surface area contributed by atoms with Crippen LogP contribution in [0.15, 0.2) is 27.4 Å². The average Bonchev–Trinajstić information content (AvgIpc) is 2.58. The number of hydrogen-bond acceptors (Lipinski definition) is 5. The van der Waals surface area contributed by atoms with Crippen molar-refractivity contribution in [2.45, 2.75) is 27.2 Å².